The number of carbonyl (C=O) groups is 1. The number of rotatable bonds is 7. The number of ether oxygens (including phenoxy) is 2. The first-order valence-electron chi connectivity index (χ1n) is 8.48. The zero-order chi connectivity index (χ0) is 21.0. The van der Waals surface area contributed by atoms with Crippen LogP contribution in [0.1, 0.15) is 16.2 Å². The van der Waals surface area contributed by atoms with Crippen LogP contribution in [0.5, 0.6) is 5.75 Å². The van der Waals surface area contributed by atoms with Gasteiger partial charge in [-0.3, -0.25) is 0 Å². The number of hydrogen-bond acceptors (Lipinski definition) is 8. The van der Waals surface area contributed by atoms with Crippen molar-refractivity contribution in [1.82, 2.24) is 14.4 Å². The topological polar surface area (TPSA) is 112 Å². The van der Waals surface area contributed by atoms with Gasteiger partial charge in [0.15, 0.2) is 6.61 Å². The van der Waals surface area contributed by atoms with Gasteiger partial charge in [-0.1, -0.05) is 17.3 Å². The number of nitrogens with zero attached hydrogens (tertiary/aromatic N) is 3. The van der Waals surface area contributed by atoms with Gasteiger partial charge in [-0.15, -0.1) is 0 Å². The fraction of sp³-hybridized carbons (Fsp3) is 0.211. The standard InChI is InChI=1S/C19H19N3O6S/c1-22(2)29(24,25)16-9-7-13(8-10-16)19(23)27-12-17-20-18(21-28-17)14-5-4-6-15(11-14)26-3/h4-11H,12H2,1-3H3. The van der Waals surface area contributed by atoms with Crippen LogP contribution in [0.4, 0.5) is 0 Å². The highest BCUT2D eigenvalue weighted by atomic mass is 32.2. The first-order chi connectivity index (χ1) is 13.8. The van der Waals surface area contributed by atoms with E-state index in [0.717, 1.165) is 4.31 Å². The summed E-state index contributed by atoms with van der Waals surface area (Å²) in [6.45, 7) is -0.215. The molecule has 0 aliphatic rings. The lowest BCUT2D eigenvalue weighted by atomic mass is 10.2. The van der Waals surface area contributed by atoms with Crippen molar-refractivity contribution in [1.29, 1.82) is 0 Å². The van der Waals surface area contributed by atoms with Crippen LogP contribution in [0.2, 0.25) is 0 Å². The van der Waals surface area contributed by atoms with Gasteiger partial charge < -0.3 is 14.0 Å². The lowest BCUT2D eigenvalue weighted by molar-refractivity contribution is 0.0429. The van der Waals surface area contributed by atoms with Gasteiger partial charge in [0.2, 0.25) is 15.8 Å². The molecule has 3 aromatic rings. The minimum atomic E-state index is -3.56. The molecular weight excluding hydrogens is 398 g/mol. The number of benzene rings is 2. The molecule has 0 saturated heterocycles. The third-order valence-corrected chi connectivity index (χ3v) is 5.82. The lowest BCUT2D eigenvalue weighted by Gasteiger charge is -2.11. The Bertz CT molecular complexity index is 1110. The van der Waals surface area contributed by atoms with Gasteiger partial charge in [-0.05, 0) is 36.4 Å². The van der Waals surface area contributed by atoms with Gasteiger partial charge >= 0.3 is 5.97 Å². The van der Waals surface area contributed by atoms with E-state index in [1.165, 1.54) is 38.4 Å². The molecule has 0 radical (unpaired) electrons. The van der Waals surface area contributed by atoms with E-state index in [-0.39, 0.29) is 23.0 Å². The van der Waals surface area contributed by atoms with Crippen LogP contribution in [0.15, 0.2) is 57.9 Å². The number of aromatic nitrogens is 2. The molecule has 0 saturated carbocycles. The van der Waals surface area contributed by atoms with E-state index in [4.69, 9.17) is 14.0 Å². The normalized spacial score (nSPS) is 11.4. The first kappa shape index (κ1) is 20.5. The summed E-state index contributed by atoms with van der Waals surface area (Å²) in [6.07, 6.45) is 0. The van der Waals surface area contributed by atoms with Crippen molar-refractivity contribution in [2.75, 3.05) is 21.2 Å². The molecule has 29 heavy (non-hydrogen) atoms. The van der Waals surface area contributed by atoms with Crippen LogP contribution >= 0.6 is 0 Å². The summed E-state index contributed by atoms with van der Waals surface area (Å²) >= 11 is 0. The van der Waals surface area contributed by atoms with E-state index < -0.39 is 16.0 Å². The fourth-order valence-corrected chi connectivity index (χ4v) is 3.28. The summed E-state index contributed by atoms with van der Waals surface area (Å²) in [6, 6.07) is 12.6. The largest absolute Gasteiger partial charge is 0.497 e. The molecule has 0 aliphatic carbocycles. The third kappa shape index (κ3) is 4.61. The Morgan fingerprint density at radius 1 is 1.14 bits per heavy atom. The van der Waals surface area contributed by atoms with E-state index in [9.17, 15) is 13.2 Å². The Morgan fingerprint density at radius 3 is 2.52 bits per heavy atom. The van der Waals surface area contributed by atoms with Gasteiger partial charge in [0.05, 0.1) is 17.6 Å². The molecule has 0 unspecified atom stereocenters. The van der Waals surface area contributed by atoms with Crippen LogP contribution in [-0.4, -0.2) is 50.0 Å². The predicted octanol–water partition coefficient (Wildman–Crippen LogP) is 2.35. The van der Waals surface area contributed by atoms with Crippen molar-refractivity contribution in [2.45, 2.75) is 11.5 Å². The molecule has 0 spiro atoms. The Labute approximate surface area is 167 Å². The van der Waals surface area contributed by atoms with Crippen molar-refractivity contribution in [3.63, 3.8) is 0 Å². The molecule has 0 N–H and O–H groups in total. The molecule has 0 amide bonds. The zero-order valence-electron chi connectivity index (χ0n) is 16.0. The van der Waals surface area contributed by atoms with Gasteiger partial charge in [-0.2, -0.15) is 4.98 Å². The van der Waals surface area contributed by atoms with Gasteiger partial charge in [-0.25, -0.2) is 17.5 Å². The number of esters is 1. The molecule has 9 nitrogen and oxygen atoms in total. The summed E-state index contributed by atoms with van der Waals surface area (Å²) in [4.78, 5) is 16.5. The summed E-state index contributed by atoms with van der Waals surface area (Å²) in [5.74, 6) is 0.483. The smallest absolute Gasteiger partial charge is 0.338 e. The number of hydrogen-bond donors (Lipinski definition) is 0. The van der Waals surface area contributed by atoms with Gasteiger partial charge in [0, 0.05) is 19.7 Å². The molecule has 152 valence electrons. The van der Waals surface area contributed by atoms with Crippen molar-refractivity contribution in [2.24, 2.45) is 0 Å². The second kappa shape index (κ2) is 8.41. The van der Waals surface area contributed by atoms with E-state index in [1.54, 1.807) is 31.4 Å². The number of sulfonamides is 1. The molecule has 3 rings (SSSR count). The predicted molar refractivity (Wildman–Crippen MR) is 103 cm³/mol. The summed E-state index contributed by atoms with van der Waals surface area (Å²) in [7, 11) is 0.858. The second-order valence-electron chi connectivity index (χ2n) is 6.13. The molecule has 0 atom stereocenters. The molecular formula is C19H19N3O6S. The first-order valence-corrected chi connectivity index (χ1v) is 9.92. The van der Waals surface area contributed by atoms with Crippen molar-refractivity contribution < 1.29 is 27.2 Å². The third-order valence-electron chi connectivity index (χ3n) is 3.99. The number of methoxy groups -OCH3 is 1. The summed E-state index contributed by atoms with van der Waals surface area (Å²) < 4.78 is 40.6. The molecule has 0 aliphatic heterocycles. The van der Waals surface area contributed by atoms with Crippen LogP contribution in [-0.2, 0) is 21.4 Å². The maximum absolute atomic E-state index is 12.2. The Hall–Kier alpha value is -3.24. The van der Waals surface area contributed by atoms with Crippen molar-refractivity contribution in [3.8, 4) is 17.1 Å². The zero-order valence-corrected chi connectivity index (χ0v) is 16.8. The number of carbonyl (C=O) groups excluding carboxylic acids is 1. The van der Waals surface area contributed by atoms with Crippen LogP contribution in [0.25, 0.3) is 11.4 Å². The van der Waals surface area contributed by atoms with Crippen LogP contribution in [0.3, 0.4) is 0 Å². The maximum atomic E-state index is 12.2. The molecule has 1 heterocycles. The summed E-state index contributed by atoms with van der Waals surface area (Å²) in [5, 5.41) is 3.86. The summed E-state index contributed by atoms with van der Waals surface area (Å²) in [5.41, 5.74) is 0.901. The van der Waals surface area contributed by atoms with Gasteiger partial charge in [0.1, 0.15) is 5.75 Å². The Morgan fingerprint density at radius 2 is 1.86 bits per heavy atom. The lowest BCUT2D eigenvalue weighted by Crippen LogP contribution is -2.22. The van der Waals surface area contributed by atoms with Crippen molar-refractivity contribution >= 4 is 16.0 Å². The van der Waals surface area contributed by atoms with Crippen LogP contribution < -0.4 is 4.74 Å². The molecule has 0 fully saturated rings. The SMILES string of the molecule is COc1cccc(-c2noc(COC(=O)c3ccc(S(=O)(=O)N(C)C)cc3)n2)c1. The van der Waals surface area contributed by atoms with Gasteiger partial charge in [0.25, 0.3) is 5.89 Å². The molecule has 10 heteroatoms. The Kier molecular flexibility index (Phi) is 5.95. The highest BCUT2D eigenvalue weighted by molar-refractivity contribution is 7.89. The van der Waals surface area contributed by atoms with E-state index in [2.05, 4.69) is 10.1 Å². The molecule has 2 aromatic carbocycles. The second-order valence-corrected chi connectivity index (χ2v) is 8.28. The monoisotopic (exact) mass is 417 g/mol. The van der Waals surface area contributed by atoms with E-state index >= 15 is 0 Å². The Balaban J connectivity index is 1.65. The van der Waals surface area contributed by atoms with Crippen molar-refractivity contribution in [3.05, 3.63) is 60.0 Å². The molecule has 0 bridgehead atoms. The van der Waals surface area contributed by atoms with E-state index in [1.807, 2.05) is 0 Å². The average molecular weight is 417 g/mol. The maximum Gasteiger partial charge on any atom is 0.338 e. The van der Waals surface area contributed by atoms with E-state index in [0.29, 0.717) is 17.1 Å². The molecule has 1 aromatic heterocycles. The highest BCUT2D eigenvalue weighted by Gasteiger charge is 2.18. The highest BCUT2D eigenvalue weighted by Crippen LogP contribution is 2.21. The van der Waals surface area contributed by atoms with Crippen LogP contribution in [0, 0.1) is 0 Å². The minimum absolute atomic E-state index is 0.0823. The fourth-order valence-electron chi connectivity index (χ4n) is 2.38. The quantitative estimate of drug-likeness (QED) is 0.539. The minimum Gasteiger partial charge on any atom is -0.497 e. The average Bonchev–Trinajstić information content (AvgIpc) is 3.21.